The van der Waals surface area contributed by atoms with Gasteiger partial charge in [-0.25, -0.2) is 0 Å². The molecule has 4 nitrogen and oxygen atoms in total. The molecule has 1 aromatic carbocycles. The first-order chi connectivity index (χ1) is 7.50. The third kappa shape index (κ3) is 3.55. The predicted molar refractivity (Wildman–Crippen MR) is 61.8 cm³/mol. The highest BCUT2D eigenvalue weighted by Crippen LogP contribution is 2.20. The minimum absolute atomic E-state index is 0.237. The van der Waals surface area contributed by atoms with E-state index in [-0.39, 0.29) is 11.8 Å². The van der Waals surface area contributed by atoms with Crippen molar-refractivity contribution in [2.75, 3.05) is 0 Å². The summed E-state index contributed by atoms with van der Waals surface area (Å²) >= 11 is 5.98. The molecule has 0 aliphatic heterocycles. The number of carbonyl (C=O) groups is 2. The highest BCUT2D eigenvalue weighted by Gasteiger charge is 2.15. The van der Waals surface area contributed by atoms with E-state index in [0.717, 1.165) is 0 Å². The van der Waals surface area contributed by atoms with Crippen LogP contribution in [0.15, 0.2) is 24.3 Å². The number of halogens is 1. The summed E-state index contributed by atoms with van der Waals surface area (Å²) in [7, 11) is 0. The molecule has 1 aromatic rings. The molecule has 0 atom stereocenters. The second-order valence-electron chi connectivity index (χ2n) is 3.36. The van der Waals surface area contributed by atoms with E-state index < -0.39 is 6.17 Å². The van der Waals surface area contributed by atoms with E-state index in [2.05, 4.69) is 10.6 Å². The van der Waals surface area contributed by atoms with Crippen LogP contribution in [0.1, 0.15) is 25.6 Å². The summed E-state index contributed by atoms with van der Waals surface area (Å²) in [6.07, 6.45) is -0.594. The smallest absolute Gasteiger partial charge is 0.218 e. The van der Waals surface area contributed by atoms with Gasteiger partial charge in [0.2, 0.25) is 11.8 Å². The lowest BCUT2D eigenvalue weighted by atomic mass is 10.1. The van der Waals surface area contributed by atoms with Crippen LogP contribution in [0.2, 0.25) is 5.02 Å². The fourth-order valence-electron chi connectivity index (χ4n) is 1.31. The maximum atomic E-state index is 11.0. The molecular weight excluding hydrogens is 228 g/mol. The van der Waals surface area contributed by atoms with Crippen LogP contribution in [-0.4, -0.2) is 11.8 Å². The highest BCUT2D eigenvalue weighted by atomic mass is 35.5. The van der Waals surface area contributed by atoms with E-state index in [1.54, 1.807) is 24.3 Å². The van der Waals surface area contributed by atoms with Crippen LogP contribution in [0.25, 0.3) is 0 Å². The highest BCUT2D eigenvalue weighted by molar-refractivity contribution is 6.31. The van der Waals surface area contributed by atoms with Crippen molar-refractivity contribution in [1.82, 2.24) is 10.6 Å². The quantitative estimate of drug-likeness (QED) is 0.789. The molecule has 0 aliphatic carbocycles. The number of amides is 2. The topological polar surface area (TPSA) is 58.2 Å². The Hall–Kier alpha value is -1.55. The lowest BCUT2D eigenvalue weighted by Gasteiger charge is -2.19. The molecule has 0 saturated carbocycles. The second-order valence-corrected chi connectivity index (χ2v) is 3.76. The number of hydrogen-bond donors (Lipinski definition) is 2. The van der Waals surface area contributed by atoms with Crippen LogP contribution < -0.4 is 10.6 Å². The van der Waals surface area contributed by atoms with E-state index in [9.17, 15) is 9.59 Å². The normalized spacial score (nSPS) is 10.0. The third-order valence-electron chi connectivity index (χ3n) is 1.91. The summed E-state index contributed by atoms with van der Waals surface area (Å²) in [5.74, 6) is -0.475. The molecule has 2 amide bonds. The van der Waals surface area contributed by atoms with Crippen molar-refractivity contribution in [1.29, 1.82) is 0 Å². The number of nitrogens with one attached hydrogen (secondary N) is 2. The van der Waals surface area contributed by atoms with Gasteiger partial charge in [-0.2, -0.15) is 0 Å². The van der Waals surface area contributed by atoms with Crippen molar-refractivity contribution in [3.05, 3.63) is 34.9 Å². The number of benzene rings is 1. The third-order valence-corrected chi connectivity index (χ3v) is 2.26. The molecule has 0 saturated heterocycles. The first-order valence-corrected chi connectivity index (χ1v) is 5.17. The molecule has 5 heteroatoms. The van der Waals surface area contributed by atoms with Crippen LogP contribution in [0.3, 0.4) is 0 Å². The monoisotopic (exact) mass is 240 g/mol. The van der Waals surface area contributed by atoms with Crippen LogP contribution in [0, 0.1) is 0 Å². The molecule has 0 aromatic heterocycles. The molecule has 0 unspecified atom stereocenters. The maximum Gasteiger partial charge on any atom is 0.218 e. The molecule has 0 aliphatic rings. The van der Waals surface area contributed by atoms with Gasteiger partial charge in [-0.05, 0) is 6.07 Å². The molecule has 2 N–H and O–H groups in total. The Morgan fingerprint density at radius 1 is 1.12 bits per heavy atom. The molecule has 1 rings (SSSR count). The first kappa shape index (κ1) is 12.5. The van der Waals surface area contributed by atoms with Crippen molar-refractivity contribution < 1.29 is 9.59 Å². The zero-order chi connectivity index (χ0) is 12.1. The van der Waals surface area contributed by atoms with Gasteiger partial charge in [-0.15, -0.1) is 0 Å². The molecule has 0 fully saturated rings. The molecule has 0 spiro atoms. The molecule has 16 heavy (non-hydrogen) atoms. The minimum atomic E-state index is -0.594. The Morgan fingerprint density at radius 2 is 1.62 bits per heavy atom. The van der Waals surface area contributed by atoms with Crippen molar-refractivity contribution in [2.24, 2.45) is 0 Å². The fraction of sp³-hybridized carbons (Fsp3) is 0.273. The Labute approximate surface area is 99.0 Å². The number of carbonyl (C=O) groups excluding carboxylic acids is 2. The van der Waals surface area contributed by atoms with Gasteiger partial charge in [0.1, 0.15) is 6.17 Å². The fourth-order valence-corrected chi connectivity index (χ4v) is 1.55. The van der Waals surface area contributed by atoms with E-state index in [1.807, 2.05) is 0 Å². The summed E-state index contributed by atoms with van der Waals surface area (Å²) in [5.41, 5.74) is 0.662. The van der Waals surface area contributed by atoms with Gasteiger partial charge in [0.05, 0.1) is 0 Å². The maximum absolute atomic E-state index is 11.0. The lowest BCUT2D eigenvalue weighted by molar-refractivity contribution is -0.122. The second kappa shape index (κ2) is 5.51. The zero-order valence-corrected chi connectivity index (χ0v) is 9.84. The van der Waals surface area contributed by atoms with Crippen molar-refractivity contribution in [2.45, 2.75) is 20.0 Å². The average Bonchev–Trinajstić information content (AvgIpc) is 2.15. The van der Waals surface area contributed by atoms with Crippen molar-refractivity contribution >= 4 is 23.4 Å². The van der Waals surface area contributed by atoms with E-state index in [0.29, 0.717) is 10.6 Å². The summed E-state index contributed by atoms with van der Waals surface area (Å²) in [5, 5.41) is 5.72. The molecular formula is C11H13ClN2O2. The van der Waals surface area contributed by atoms with Crippen LogP contribution in [0.5, 0.6) is 0 Å². The SMILES string of the molecule is CC(=O)NC(NC(C)=O)c1ccccc1Cl. The van der Waals surface area contributed by atoms with Crippen LogP contribution >= 0.6 is 11.6 Å². The Balaban J connectivity index is 2.96. The van der Waals surface area contributed by atoms with Crippen molar-refractivity contribution in [3.63, 3.8) is 0 Å². The van der Waals surface area contributed by atoms with E-state index in [1.165, 1.54) is 13.8 Å². The Morgan fingerprint density at radius 3 is 2.06 bits per heavy atom. The average molecular weight is 241 g/mol. The zero-order valence-electron chi connectivity index (χ0n) is 9.08. The van der Waals surface area contributed by atoms with Crippen LogP contribution in [0.4, 0.5) is 0 Å². The lowest BCUT2D eigenvalue weighted by Crippen LogP contribution is -2.39. The van der Waals surface area contributed by atoms with Crippen molar-refractivity contribution in [3.8, 4) is 0 Å². The molecule has 0 bridgehead atoms. The molecule has 86 valence electrons. The van der Waals surface area contributed by atoms with Gasteiger partial charge in [-0.1, -0.05) is 29.8 Å². The molecule has 0 radical (unpaired) electrons. The standard InChI is InChI=1S/C11H13ClN2O2/c1-7(15)13-11(14-8(2)16)9-5-3-4-6-10(9)12/h3-6,11H,1-2H3,(H,13,15)(H,14,16). The molecule has 0 heterocycles. The first-order valence-electron chi connectivity index (χ1n) is 4.79. The summed E-state index contributed by atoms with van der Waals surface area (Å²) in [4.78, 5) is 22.0. The van der Waals surface area contributed by atoms with Crippen LogP contribution in [-0.2, 0) is 9.59 Å². The summed E-state index contributed by atoms with van der Waals surface area (Å²) in [6, 6.07) is 7.02. The van der Waals surface area contributed by atoms with E-state index >= 15 is 0 Å². The predicted octanol–water partition coefficient (Wildman–Crippen LogP) is 1.61. The van der Waals surface area contributed by atoms with Gasteiger partial charge < -0.3 is 10.6 Å². The number of rotatable bonds is 3. The summed E-state index contributed by atoms with van der Waals surface area (Å²) < 4.78 is 0. The van der Waals surface area contributed by atoms with Gasteiger partial charge in [0.15, 0.2) is 0 Å². The Bertz CT molecular complexity index is 391. The van der Waals surface area contributed by atoms with Gasteiger partial charge in [0.25, 0.3) is 0 Å². The number of hydrogen-bond acceptors (Lipinski definition) is 2. The van der Waals surface area contributed by atoms with E-state index in [4.69, 9.17) is 11.6 Å². The Kier molecular flexibility index (Phi) is 4.31. The van der Waals surface area contributed by atoms with Gasteiger partial charge in [0, 0.05) is 24.4 Å². The largest absolute Gasteiger partial charge is 0.332 e. The van der Waals surface area contributed by atoms with Gasteiger partial charge in [-0.3, -0.25) is 9.59 Å². The minimum Gasteiger partial charge on any atom is -0.332 e. The van der Waals surface area contributed by atoms with Gasteiger partial charge >= 0.3 is 0 Å². The summed E-state index contributed by atoms with van der Waals surface area (Å²) in [6.45, 7) is 2.76.